The lowest BCUT2D eigenvalue weighted by Gasteiger charge is -2.13. The van der Waals surface area contributed by atoms with Gasteiger partial charge in [-0.2, -0.15) is 0 Å². The van der Waals surface area contributed by atoms with Crippen molar-refractivity contribution < 1.29 is 9.47 Å². The van der Waals surface area contributed by atoms with E-state index in [0.29, 0.717) is 6.04 Å². The zero-order valence-electron chi connectivity index (χ0n) is 12.0. The maximum Gasteiger partial charge on any atom is 0.118 e. The summed E-state index contributed by atoms with van der Waals surface area (Å²) >= 11 is 0. The molecule has 0 fully saturated rings. The summed E-state index contributed by atoms with van der Waals surface area (Å²) in [6, 6.07) is 8.80. The van der Waals surface area contributed by atoms with Crippen molar-refractivity contribution in [2.45, 2.75) is 32.2 Å². The van der Waals surface area contributed by atoms with Gasteiger partial charge in [-0.05, 0) is 50.4 Å². The number of hydrogen-bond acceptors (Lipinski definition) is 3. The Labute approximate surface area is 116 Å². The number of methoxy groups -OCH3 is 1. The smallest absolute Gasteiger partial charge is 0.118 e. The molecule has 0 aliphatic rings. The van der Waals surface area contributed by atoms with Crippen LogP contribution in [0.3, 0.4) is 0 Å². The molecular weight excluding hydrogens is 238 g/mol. The van der Waals surface area contributed by atoms with Crippen LogP contribution in [0.5, 0.6) is 5.75 Å². The second-order valence-electron chi connectivity index (χ2n) is 4.63. The predicted molar refractivity (Wildman–Crippen MR) is 79.5 cm³/mol. The molecule has 0 amide bonds. The van der Waals surface area contributed by atoms with E-state index in [2.05, 4.69) is 31.0 Å². The van der Waals surface area contributed by atoms with E-state index < -0.39 is 0 Å². The largest absolute Gasteiger partial charge is 0.502 e. The Bertz CT molecular complexity index is 348. The van der Waals surface area contributed by atoms with Gasteiger partial charge in [0, 0.05) is 6.04 Å². The van der Waals surface area contributed by atoms with Gasteiger partial charge in [0.05, 0.1) is 20.0 Å². The zero-order valence-corrected chi connectivity index (χ0v) is 12.0. The first kappa shape index (κ1) is 15.6. The van der Waals surface area contributed by atoms with Gasteiger partial charge in [0.15, 0.2) is 0 Å². The molecular formula is C16H25NO2. The van der Waals surface area contributed by atoms with Gasteiger partial charge >= 0.3 is 0 Å². The van der Waals surface area contributed by atoms with E-state index in [9.17, 15) is 0 Å². The van der Waals surface area contributed by atoms with Crippen LogP contribution in [0.4, 0.5) is 0 Å². The van der Waals surface area contributed by atoms with Crippen LogP contribution in [0, 0.1) is 0 Å². The number of nitrogens with one attached hydrogen (secondary N) is 1. The summed E-state index contributed by atoms with van der Waals surface area (Å²) in [5.41, 5.74) is 1.35. The molecule has 0 saturated heterocycles. The van der Waals surface area contributed by atoms with Crippen LogP contribution in [0.15, 0.2) is 37.1 Å². The van der Waals surface area contributed by atoms with E-state index in [1.807, 2.05) is 12.1 Å². The standard InChI is InChI=1S/C16H25NO2/c1-4-19-13-5-12-17-14(2)6-7-15-8-10-16(18-3)11-9-15/h4,8-11,14,17H,1,5-7,12-13H2,2-3H3. The van der Waals surface area contributed by atoms with Gasteiger partial charge in [0.2, 0.25) is 0 Å². The van der Waals surface area contributed by atoms with Crippen molar-refractivity contribution in [2.24, 2.45) is 0 Å². The van der Waals surface area contributed by atoms with Gasteiger partial charge in [-0.15, -0.1) is 0 Å². The lowest BCUT2D eigenvalue weighted by Crippen LogP contribution is -2.28. The van der Waals surface area contributed by atoms with Crippen molar-refractivity contribution in [1.82, 2.24) is 5.32 Å². The summed E-state index contributed by atoms with van der Waals surface area (Å²) < 4.78 is 10.2. The molecule has 1 aromatic rings. The van der Waals surface area contributed by atoms with Crippen molar-refractivity contribution >= 4 is 0 Å². The van der Waals surface area contributed by atoms with Crippen LogP contribution in [0.1, 0.15) is 25.3 Å². The third kappa shape index (κ3) is 6.87. The highest BCUT2D eigenvalue weighted by Gasteiger charge is 2.02. The fourth-order valence-corrected chi connectivity index (χ4v) is 1.86. The van der Waals surface area contributed by atoms with E-state index in [0.717, 1.165) is 38.2 Å². The molecule has 0 bridgehead atoms. The molecule has 0 heterocycles. The third-order valence-electron chi connectivity index (χ3n) is 3.07. The molecule has 1 N–H and O–H groups in total. The Kier molecular flexibility index (Phi) is 7.75. The molecule has 1 atom stereocenters. The molecule has 0 aliphatic carbocycles. The molecule has 1 aromatic carbocycles. The second-order valence-corrected chi connectivity index (χ2v) is 4.63. The van der Waals surface area contributed by atoms with Gasteiger partial charge in [0.25, 0.3) is 0 Å². The summed E-state index contributed by atoms with van der Waals surface area (Å²) in [6.07, 6.45) is 4.72. The Hall–Kier alpha value is -1.48. The lowest BCUT2D eigenvalue weighted by molar-refractivity contribution is 0.243. The second kappa shape index (κ2) is 9.45. The number of hydrogen-bond donors (Lipinski definition) is 1. The number of rotatable bonds is 10. The normalized spacial score (nSPS) is 11.9. The van der Waals surface area contributed by atoms with Gasteiger partial charge in [-0.1, -0.05) is 18.7 Å². The van der Waals surface area contributed by atoms with E-state index in [1.165, 1.54) is 11.8 Å². The molecule has 3 heteroatoms. The van der Waals surface area contributed by atoms with Crippen LogP contribution in [-0.4, -0.2) is 26.3 Å². The summed E-state index contributed by atoms with van der Waals surface area (Å²) in [6.45, 7) is 7.46. The van der Waals surface area contributed by atoms with Crippen molar-refractivity contribution in [3.63, 3.8) is 0 Å². The first-order valence-corrected chi connectivity index (χ1v) is 6.85. The lowest BCUT2D eigenvalue weighted by atomic mass is 10.1. The monoisotopic (exact) mass is 263 g/mol. The quantitative estimate of drug-likeness (QED) is 0.519. The summed E-state index contributed by atoms with van der Waals surface area (Å²) in [5, 5.41) is 3.50. The summed E-state index contributed by atoms with van der Waals surface area (Å²) in [7, 11) is 1.69. The Morgan fingerprint density at radius 2 is 2.05 bits per heavy atom. The molecule has 106 valence electrons. The molecule has 0 radical (unpaired) electrons. The Morgan fingerprint density at radius 1 is 1.32 bits per heavy atom. The molecule has 1 rings (SSSR count). The van der Waals surface area contributed by atoms with Crippen molar-refractivity contribution in [3.05, 3.63) is 42.7 Å². The number of ether oxygens (including phenoxy) is 2. The number of benzene rings is 1. The topological polar surface area (TPSA) is 30.5 Å². The molecule has 0 aromatic heterocycles. The van der Waals surface area contributed by atoms with Gasteiger partial charge in [-0.3, -0.25) is 0 Å². The maximum absolute atomic E-state index is 5.15. The molecule has 0 spiro atoms. The van der Waals surface area contributed by atoms with Crippen LogP contribution in [0.25, 0.3) is 0 Å². The minimum Gasteiger partial charge on any atom is -0.502 e. The van der Waals surface area contributed by atoms with E-state index in [4.69, 9.17) is 9.47 Å². The fourth-order valence-electron chi connectivity index (χ4n) is 1.86. The fraction of sp³-hybridized carbons (Fsp3) is 0.500. The molecule has 0 aliphatic heterocycles. The highest BCUT2D eigenvalue weighted by molar-refractivity contribution is 5.27. The van der Waals surface area contributed by atoms with Crippen LogP contribution in [0.2, 0.25) is 0 Å². The van der Waals surface area contributed by atoms with Gasteiger partial charge in [0.1, 0.15) is 5.75 Å². The minimum atomic E-state index is 0.519. The molecule has 0 saturated carbocycles. The Balaban J connectivity index is 2.14. The van der Waals surface area contributed by atoms with E-state index >= 15 is 0 Å². The van der Waals surface area contributed by atoms with E-state index in [1.54, 1.807) is 7.11 Å². The highest BCUT2D eigenvalue weighted by Crippen LogP contribution is 2.13. The SMILES string of the molecule is C=COCCCNC(C)CCc1ccc(OC)cc1. The first-order valence-electron chi connectivity index (χ1n) is 6.85. The van der Waals surface area contributed by atoms with Gasteiger partial charge < -0.3 is 14.8 Å². The average molecular weight is 263 g/mol. The Morgan fingerprint density at radius 3 is 2.68 bits per heavy atom. The average Bonchev–Trinajstić information content (AvgIpc) is 2.45. The predicted octanol–water partition coefficient (Wildman–Crippen LogP) is 3.16. The minimum absolute atomic E-state index is 0.519. The van der Waals surface area contributed by atoms with Crippen LogP contribution >= 0.6 is 0 Å². The van der Waals surface area contributed by atoms with Crippen molar-refractivity contribution in [2.75, 3.05) is 20.3 Å². The summed E-state index contributed by atoms with van der Waals surface area (Å²) in [5.74, 6) is 0.914. The third-order valence-corrected chi connectivity index (χ3v) is 3.07. The maximum atomic E-state index is 5.15. The highest BCUT2D eigenvalue weighted by atomic mass is 16.5. The first-order chi connectivity index (χ1) is 9.26. The van der Waals surface area contributed by atoms with Crippen molar-refractivity contribution in [1.29, 1.82) is 0 Å². The molecule has 3 nitrogen and oxygen atoms in total. The van der Waals surface area contributed by atoms with Gasteiger partial charge in [-0.25, -0.2) is 0 Å². The summed E-state index contributed by atoms with van der Waals surface area (Å²) in [4.78, 5) is 0. The van der Waals surface area contributed by atoms with Crippen LogP contribution in [-0.2, 0) is 11.2 Å². The van der Waals surface area contributed by atoms with Crippen molar-refractivity contribution in [3.8, 4) is 5.75 Å². The molecule has 1 unspecified atom stereocenters. The van der Waals surface area contributed by atoms with E-state index in [-0.39, 0.29) is 0 Å². The zero-order chi connectivity index (χ0) is 13.9. The number of aryl methyl sites for hydroxylation is 1. The molecule has 19 heavy (non-hydrogen) atoms. The van der Waals surface area contributed by atoms with Crippen LogP contribution < -0.4 is 10.1 Å².